The SMILES string of the molecule is Cc1ccc(N2C(=O)[C@H]3[C@@H](c4ccccc4)c4sc(=O)[nH]c4S[C@@H]3C2=O)cc1. The molecule has 1 aromatic heterocycles. The highest BCUT2D eigenvalue weighted by Crippen LogP contribution is 2.53. The summed E-state index contributed by atoms with van der Waals surface area (Å²) < 4.78 is 0. The Balaban J connectivity index is 1.65. The lowest BCUT2D eigenvalue weighted by Crippen LogP contribution is -2.32. The second kappa shape index (κ2) is 6.46. The van der Waals surface area contributed by atoms with Gasteiger partial charge in [-0.25, -0.2) is 4.90 Å². The van der Waals surface area contributed by atoms with E-state index >= 15 is 0 Å². The fourth-order valence-electron chi connectivity index (χ4n) is 3.98. The van der Waals surface area contributed by atoms with Gasteiger partial charge in [-0.1, -0.05) is 71.1 Å². The predicted molar refractivity (Wildman–Crippen MR) is 110 cm³/mol. The molecule has 5 rings (SSSR count). The first kappa shape index (κ1) is 17.5. The topological polar surface area (TPSA) is 70.2 Å². The van der Waals surface area contributed by atoms with Gasteiger partial charge in [-0.2, -0.15) is 0 Å². The zero-order valence-corrected chi connectivity index (χ0v) is 16.5. The van der Waals surface area contributed by atoms with Crippen LogP contribution in [0.2, 0.25) is 0 Å². The van der Waals surface area contributed by atoms with Crippen molar-refractivity contribution in [2.75, 3.05) is 4.90 Å². The van der Waals surface area contributed by atoms with Crippen LogP contribution in [0.3, 0.4) is 0 Å². The van der Waals surface area contributed by atoms with Crippen LogP contribution in [0.1, 0.15) is 21.9 Å². The van der Waals surface area contributed by atoms with Crippen molar-refractivity contribution in [3.63, 3.8) is 0 Å². The highest BCUT2D eigenvalue weighted by atomic mass is 32.2. The summed E-state index contributed by atoms with van der Waals surface area (Å²) in [7, 11) is 0. The number of nitrogens with one attached hydrogen (secondary N) is 1. The second-order valence-corrected chi connectivity index (χ2v) is 9.17. The predicted octanol–water partition coefficient (Wildman–Crippen LogP) is 3.54. The van der Waals surface area contributed by atoms with Crippen molar-refractivity contribution in [2.45, 2.75) is 23.1 Å². The number of H-pyrrole nitrogens is 1. The van der Waals surface area contributed by atoms with Gasteiger partial charge in [0.25, 0.3) is 0 Å². The van der Waals surface area contributed by atoms with Crippen LogP contribution in [0.5, 0.6) is 0 Å². The van der Waals surface area contributed by atoms with Crippen LogP contribution in [0, 0.1) is 12.8 Å². The van der Waals surface area contributed by atoms with E-state index in [4.69, 9.17) is 0 Å². The Bertz CT molecular complexity index is 1130. The van der Waals surface area contributed by atoms with E-state index in [1.54, 1.807) is 0 Å². The summed E-state index contributed by atoms with van der Waals surface area (Å²) in [5.41, 5.74) is 2.61. The van der Waals surface area contributed by atoms with E-state index in [2.05, 4.69) is 4.98 Å². The number of nitrogens with zero attached hydrogens (tertiary/aromatic N) is 1. The second-order valence-electron chi connectivity index (χ2n) is 7.01. The summed E-state index contributed by atoms with van der Waals surface area (Å²) in [6.45, 7) is 1.97. The Morgan fingerprint density at radius 2 is 1.64 bits per heavy atom. The van der Waals surface area contributed by atoms with Crippen molar-refractivity contribution in [3.8, 4) is 0 Å². The number of rotatable bonds is 2. The molecule has 0 aliphatic carbocycles. The number of hydrogen-bond acceptors (Lipinski definition) is 5. The summed E-state index contributed by atoms with van der Waals surface area (Å²) in [5.74, 6) is -1.26. The van der Waals surface area contributed by atoms with E-state index in [0.717, 1.165) is 27.3 Å². The molecule has 28 heavy (non-hydrogen) atoms. The van der Waals surface area contributed by atoms with Crippen molar-refractivity contribution in [1.82, 2.24) is 4.98 Å². The van der Waals surface area contributed by atoms with Crippen LogP contribution in [-0.2, 0) is 9.59 Å². The van der Waals surface area contributed by atoms with E-state index in [-0.39, 0.29) is 22.6 Å². The molecule has 3 heterocycles. The fourth-order valence-corrected chi connectivity index (χ4v) is 6.50. The number of amides is 2. The number of thioether (sulfide) groups is 1. The number of carbonyl (C=O) groups is 2. The molecule has 3 atom stereocenters. The number of thiazole rings is 1. The van der Waals surface area contributed by atoms with Crippen molar-refractivity contribution in [3.05, 3.63) is 80.3 Å². The maximum atomic E-state index is 13.4. The standard InChI is InChI=1S/C21H16N2O3S2/c1-11-7-9-13(10-8-11)23-19(24)15-14(12-5-3-2-4-6-12)16-18(22-21(26)28-16)27-17(15)20(23)25/h2-10,14-15,17H,1H3,(H,22,26)/t14-,15+,17+/m1/s1. The molecule has 5 nitrogen and oxygen atoms in total. The Kier molecular flexibility index (Phi) is 4.03. The molecule has 0 spiro atoms. The molecule has 140 valence electrons. The van der Waals surface area contributed by atoms with Gasteiger partial charge in [0.1, 0.15) is 5.25 Å². The third-order valence-electron chi connectivity index (χ3n) is 5.27. The Labute approximate surface area is 169 Å². The summed E-state index contributed by atoms with van der Waals surface area (Å²) in [6.07, 6.45) is 0. The number of hydrogen-bond donors (Lipinski definition) is 1. The molecule has 2 aliphatic heterocycles. The average molecular weight is 409 g/mol. The Morgan fingerprint density at radius 1 is 0.929 bits per heavy atom. The van der Waals surface area contributed by atoms with Gasteiger partial charge in [0.05, 0.1) is 16.6 Å². The van der Waals surface area contributed by atoms with Crippen molar-refractivity contribution >= 4 is 40.6 Å². The van der Waals surface area contributed by atoms with E-state index in [0.29, 0.717) is 10.7 Å². The molecular formula is C21H16N2O3S2. The average Bonchev–Trinajstić information content (AvgIpc) is 3.18. The Hall–Kier alpha value is -2.64. The number of benzene rings is 2. The van der Waals surface area contributed by atoms with Crippen LogP contribution < -0.4 is 9.77 Å². The van der Waals surface area contributed by atoms with Crippen LogP contribution >= 0.6 is 23.1 Å². The fraction of sp³-hybridized carbons (Fsp3) is 0.190. The maximum absolute atomic E-state index is 13.4. The monoisotopic (exact) mass is 408 g/mol. The van der Waals surface area contributed by atoms with Gasteiger partial charge >= 0.3 is 4.87 Å². The van der Waals surface area contributed by atoms with Crippen molar-refractivity contribution < 1.29 is 9.59 Å². The smallest absolute Gasteiger partial charge is 0.305 e. The molecule has 3 aromatic rings. The molecule has 7 heteroatoms. The lowest BCUT2D eigenvalue weighted by atomic mass is 9.83. The van der Waals surface area contributed by atoms with Crippen LogP contribution in [0.4, 0.5) is 5.69 Å². The molecular weight excluding hydrogens is 392 g/mol. The van der Waals surface area contributed by atoms with Gasteiger partial charge in [-0.15, -0.1) is 0 Å². The molecule has 0 radical (unpaired) electrons. The van der Waals surface area contributed by atoms with Crippen LogP contribution in [0.15, 0.2) is 64.4 Å². The molecule has 0 unspecified atom stereocenters. The van der Waals surface area contributed by atoms with Gasteiger partial charge in [-0.05, 0) is 24.6 Å². The molecule has 2 aliphatic rings. The number of aromatic nitrogens is 1. The normalized spacial score (nSPS) is 23.6. The highest BCUT2D eigenvalue weighted by Gasteiger charge is 2.56. The number of aromatic amines is 1. The van der Waals surface area contributed by atoms with E-state index in [1.807, 2.05) is 61.5 Å². The van der Waals surface area contributed by atoms with Gasteiger partial charge in [0, 0.05) is 10.8 Å². The maximum Gasteiger partial charge on any atom is 0.305 e. The third kappa shape index (κ3) is 2.57. The minimum Gasteiger partial charge on any atom is -0.307 e. The van der Waals surface area contributed by atoms with Gasteiger partial charge < -0.3 is 4.98 Å². The van der Waals surface area contributed by atoms with Crippen molar-refractivity contribution in [1.29, 1.82) is 0 Å². The third-order valence-corrected chi connectivity index (χ3v) is 7.68. The number of aryl methyl sites for hydroxylation is 1. The van der Waals surface area contributed by atoms with E-state index in [1.165, 1.54) is 16.7 Å². The lowest BCUT2D eigenvalue weighted by Gasteiger charge is -2.29. The van der Waals surface area contributed by atoms with E-state index in [9.17, 15) is 14.4 Å². The number of carbonyl (C=O) groups excluding carboxylic acids is 2. The van der Waals surface area contributed by atoms with Gasteiger partial charge in [0.15, 0.2) is 0 Å². The summed E-state index contributed by atoms with van der Waals surface area (Å²) >= 11 is 2.43. The highest BCUT2D eigenvalue weighted by molar-refractivity contribution is 8.00. The van der Waals surface area contributed by atoms with Crippen LogP contribution in [0.25, 0.3) is 0 Å². The summed E-state index contributed by atoms with van der Waals surface area (Å²) in [5, 5.41) is 0.161. The quantitative estimate of drug-likeness (QED) is 0.659. The number of fused-ring (bicyclic) bond motifs is 2. The first-order chi connectivity index (χ1) is 13.5. The molecule has 0 bridgehead atoms. The number of imide groups is 1. The molecule has 0 saturated carbocycles. The molecule has 2 amide bonds. The molecule has 1 N–H and O–H groups in total. The first-order valence-electron chi connectivity index (χ1n) is 8.93. The van der Waals surface area contributed by atoms with Crippen LogP contribution in [-0.4, -0.2) is 22.0 Å². The number of anilines is 1. The zero-order valence-electron chi connectivity index (χ0n) is 14.9. The Morgan fingerprint density at radius 3 is 2.36 bits per heavy atom. The molecule has 2 aromatic carbocycles. The van der Waals surface area contributed by atoms with Crippen molar-refractivity contribution in [2.24, 2.45) is 5.92 Å². The minimum atomic E-state index is -0.545. The molecule has 1 fully saturated rings. The van der Waals surface area contributed by atoms with E-state index < -0.39 is 11.2 Å². The van der Waals surface area contributed by atoms with Gasteiger partial charge in [0.2, 0.25) is 11.8 Å². The molecule has 1 saturated heterocycles. The summed E-state index contributed by atoms with van der Waals surface area (Å²) in [4.78, 5) is 43.5. The first-order valence-corrected chi connectivity index (χ1v) is 10.6. The lowest BCUT2D eigenvalue weighted by molar-refractivity contribution is -0.122. The minimum absolute atomic E-state index is 0.159. The summed E-state index contributed by atoms with van der Waals surface area (Å²) in [6, 6.07) is 17.1. The zero-order chi connectivity index (χ0) is 19.4. The van der Waals surface area contributed by atoms with Gasteiger partial charge in [-0.3, -0.25) is 14.4 Å². The largest absolute Gasteiger partial charge is 0.307 e.